The number of hydrogen-bond donors (Lipinski definition) is 1. The molecule has 218 valence electrons. The number of benzene rings is 3. The Kier molecular flexibility index (Phi) is 7.68. The van der Waals surface area contributed by atoms with Gasteiger partial charge >= 0.3 is 5.97 Å². The van der Waals surface area contributed by atoms with E-state index in [0.717, 1.165) is 47.2 Å². The zero-order valence-electron chi connectivity index (χ0n) is 23.7. The first-order valence-electron chi connectivity index (χ1n) is 14.9. The first kappa shape index (κ1) is 28.1. The van der Waals surface area contributed by atoms with Gasteiger partial charge in [0.05, 0.1) is 22.3 Å². The van der Waals surface area contributed by atoms with Crippen molar-refractivity contribution in [2.75, 3.05) is 13.1 Å². The van der Waals surface area contributed by atoms with Gasteiger partial charge in [0.15, 0.2) is 0 Å². The number of nitrogens with zero attached hydrogens (tertiary/aromatic N) is 4. The molecule has 5 aromatic rings. The molecular weight excluding hydrogens is 579 g/mol. The fraction of sp³-hybridized carbons (Fsp3) is 0.286. The number of aromatic carboxylic acids is 1. The molecule has 1 N–H and O–H groups in total. The lowest BCUT2D eigenvalue weighted by molar-refractivity contribution is 0.0696. The summed E-state index contributed by atoms with van der Waals surface area (Å²) in [6.45, 7) is 2.50. The Morgan fingerprint density at radius 3 is 2.07 bits per heavy atom. The van der Waals surface area contributed by atoms with Crippen molar-refractivity contribution in [3.05, 3.63) is 129 Å². The number of likely N-dealkylation sites (tertiary alicyclic amines) is 1. The van der Waals surface area contributed by atoms with Gasteiger partial charge in [-0.05, 0) is 90.9 Å². The van der Waals surface area contributed by atoms with Gasteiger partial charge < -0.3 is 9.67 Å². The molecule has 2 aliphatic rings. The molecule has 1 aliphatic heterocycles. The van der Waals surface area contributed by atoms with Crippen LogP contribution in [-0.2, 0) is 6.54 Å². The minimum absolute atomic E-state index is 0.0302. The molecule has 0 atom stereocenters. The molecule has 43 heavy (non-hydrogen) atoms. The summed E-state index contributed by atoms with van der Waals surface area (Å²) in [5.74, 6) is 0.856. The Hall–Kier alpha value is -3.71. The van der Waals surface area contributed by atoms with Gasteiger partial charge in [0.2, 0.25) is 0 Å². The summed E-state index contributed by atoms with van der Waals surface area (Å²) in [5, 5.41) is 10.8. The number of carboxylic acid groups (broad SMARTS) is 1. The van der Waals surface area contributed by atoms with Crippen molar-refractivity contribution in [1.29, 1.82) is 0 Å². The second-order valence-corrected chi connectivity index (χ2v) is 12.6. The molecule has 1 aliphatic carbocycles. The molecule has 3 aromatic carbocycles. The molecule has 0 amide bonds. The van der Waals surface area contributed by atoms with Crippen molar-refractivity contribution in [3.63, 3.8) is 0 Å². The average molecular weight is 612 g/mol. The summed E-state index contributed by atoms with van der Waals surface area (Å²) in [6.07, 6.45) is 5.99. The van der Waals surface area contributed by atoms with E-state index in [9.17, 15) is 9.90 Å². The van der Waals surface area contributed by atoms with Crippen LogP contribution >= 0.6 is 23.2 Å². The summed E-state index contributed by atoms with van der Waals surface area (Å²) in [4.78, 5) is 23.4. The van der Waals surface area contributed by atoms with E-state index < -0.39 is 5.97 Å². The van der Waals surface area contributed by atoms with Crippen molar-refractivity contribution in [2.45, 2.75) is 50.1 Å². The summed E-state index contributed by atoms with van der Waals surface area (Å²) in [6, 6.07) is 26.6. The van der Waals surface area contributed by atoms with E-state index in [2.05, 4.69) is 56.9 Å². The molecule has 2 aromatic heterocycles. The van der Waals surface area contributed by atoms with Gasteiger partial charge in [-0.15, -0.1) is 0 Å². The smallest absolute Gasteiger partial charge is 0.335 e. The predicted molar refractivity (Wildman–Crippen MR) is 170 cm³/mol. The Morgan fingerprint density at radius 1 is 0.837 bits per heavy atom. The number of fused-ring (bicyclic) bond motifs is 1. The van der Waals surface area contributed by atoms with Crippen molar-refractivity contribution in [1.82, 2.24) is 19.4 Å². The molecule has 0 radical (unpaired) electrons. The Morgan fingerprint density at radius 2 is 1.47 bits per heavy atom. The molecule has 1 saturated heterocycles. The van der Waals surface area contributed by atoms with Crippen molar-refractivity contribution in [3.8, 4) is 0 Å². The van der Waals surface area contributed by atoms with E-state index in [1.165, 1.54) is 40.9 Å². The van der Waals surface area contributed by atoms with Crippen LogP contribution in [0.3, 0.4) is 0 Å². The third-order valence-corrected chi connectivity index (χ3v) is 9.30. The van der Waals surface area contributed by atoms with Gasteiger partial charge in [0.25, 0.3) is 0 Å². The van der Waals surface area contributed by atoms with Crippen molar-refractivity contribution in [2.24, 2.45) is 0 Å². The highest BCUT2D eigenvalue weighted by molar-refractivity contribution is 6.30. The van der Waals surface area contributed by atoms with Gasteiger partial charge in [-0.1, -0.05) is 53.5 Å². The fourth-order valence-electron chi connectivity index (χ4n) is 6.47. The van der Waals surface area contributed by atoms with Crippen molar-refractivity contribution < 1.29 is 9.90 Å². The van der Waals surface area contributed by atoms with Gasteiger partial charge in [0, 0.05) is 53.8 Å². The quantitative estimate of drug-likeness (QED) is 0.179. The zero-order chi connectivity index (χ0) is 29.5. The maximum absolute atomic E-state index is 11.4. The highest BCUT2D eigenvalue weighted by Gasteiger charge is 2.33. The second kappa shape index (κ2) is 11.8. The van der Waals surface area contributed by atoms with Gasteiger partial charge in [-0.3, -0.25) is 9.88 Å². The summed E-state index contributed by atoms with van der Waals surface area (Å²) in [5.41, 5.74) is 6.88. The largest absolute Gasteiger partial charge is 0.478 e. The number of pyridine rings is 1. The predicted octanol–water partition coefficient (Wildman–Crippen LogP) is 8.33. The highest BCUT2D eigenvalue weighted by atomic mass is 35.5. The van der Waals surface area contributed by atoms with Crippen molar-refractivity contribution >= 4 is 40.2 Å². The van der Waals surface area contributed by atoms with E-state index in [-0.39, 0.29) is 11.5 Å². The number of imidazole rings is 1. The van der Waals surface area contributed by atoms with E-state index in [1.807, 2.05) is 24.3 Å². The summed E-state index contributed by atoms with van der Waals surface area (Å²) < 4.78 is 2.54. The monoisotopic (exact) mass is 610 g/mol. The van der Waals surface area contributed by atoms with Crippen LogP contribution in [0.2, 0.25) is 10.0 Å². The van der Waals surface area contributed by atoms with Gasteiger partial charge in [0.1, 0.15) is 5.82 Å². The minimum atomic E-state index is -0.921. The number of halogens is 2. The van der Waals surface area contributed by atoms with Crippen LogP contribution in [0.25, 0.3) is 11.0 Å². The van der Waals surface area contributed by atoms with Crippen LogP contribution in [0.5, 0.6) is 0 Å². The maximum Gasteiger partial charge on any atom is 0.335 e. The van der Waals surface area contributed by atoms with Crippen LogP contribution in [0.4, 0.5) is 0 Å². The molecule has 0 unspecified atom stereocenters. The third kappa shape index (κ3) is 5.92. The van der Waals surface area contributed by atoms with Gasteiger partial charge in [-0.2, -0.15) is 0 Å². The fourth-order valence-corrected chi connectivity index (χ4v) is 6.72. The van der Waals surface area contributed by atoms with E-state index >= 15 is 0 Å². The first-order chi connectivity index (χ1) is 20.9. The van der Waals surface area contributed by atoms with E-state index in [4.69, 9.17) is 28.2 Å². The normalized spacial score (nSPS) is 16.3. The molecule has 0 spiro atoms. The third-order valence-electron chi connectivity index (χ3n) is 8.79. The molecule has 1 saturated carbocycles. The summed E-state index contributed by atoms with van der Waals surface area (Å²) >= 11 is 12.5. The zero-order valence-corrected chi connectivity index (χ0v) is 25.2. The number of hydrogen-bond acceptors (Lipinski definition) is 4. The lowest BCUT2D eigenvalue weighted by Gasteiger charge is -2.33. The van der Waals surface area contributed by atoms with Gasteiger partial charge in [-0.25, -0.2) is 9.78 Å². The maximum atomic E-state index is 11.4. The SMILES string of the molecule is O=C(O)c1ccnc(CN2CCC(n3c(C4CC4)nc4ccc(C(c5ccc(Cl)cc5)c5ccc(Cl)cc5)cc43)CC2)c1. The van der Waals surface area contributed by atoms with Crippen LogP contribution in [0.15, 0.2) is 85.1 Å². The second-order valence-electron chi connectivity index (χ2n) is 11.7. The molecule has 3 heterocycles. The summed E-state index contributed by atoms with van der Waals surface area (Å²) in [7, 11) is 0. The molecule has 6 nitrogen and oxygen atoms in total. The van der Waals surface area contributed by atoms with E-state index in [0.29, 0.717) is 18.5 Å². The highest BCUT2D eigenvalue weighted by Crippen LogP contribution is 2.44. The number of carboxylic acids is 1. The van der Waals surface area contributed by atoms with E-state index in [1.54, 1.807) is 18.3 Å². The molecular formula is C35H32Cl2N4O2. The standard InChI is InChI=1S/C35H32Cl2N4O2/c36-27-8-3-22(4-9-27)33(23-5-10-28(37)11-6-23)25-7-12-31-32(20-25)41(34(39-31)24-1-2-24)30-14-17-40(18-15-30)21-29-19-26(35(42)43)13-16-38-29/h3-13,16,19-20,24,30,33H,1-2,14-15,17-18,21H2,(H,42,43). The molecule has 2 fully saturated rings. The Balaban J connectivity index is 1.21. The first-order valence-corrected chi connectivity index (χ1v) is 15.6. The Bertz CT molecular complexity index is 1730. The number of carbonyl (C=O) groups is 1. The molecule has 8 heteroatoms. The lowest BCUT2D eigenvalue weighted by Crippen LogP contribution is -2.34. The molecule has 7 rings (SSSR count). The molecule has 0 bridgehead atoms. The van der Waals surface area contributed by atoms with Crippen LogP contribution in [0.1, 0.15) is 82.1 Å². The number of rotatable bonds is 8. The number of aromatic nitrogens is 3. The Labute approximate surface area is 260 Å². The van der Waals surface area contributed by atoms with Crippen LogP contribution in [0, 0.1) is 0 Å². The lowest BCUT2D eigenvalue weighted by atomic mass is 9.85. The minimum Gasteiger partial charge on any atom is -0.478 e. The topological polar surface area (TPSA) is 71.2 Å². The van der Waals surface area contributed by atoms with Crippen LogP contribution < -0.4 is 0 Å². The van der Waals surface area contributed by atoms with Crippen LogP contribution in [-0.4, -0.2) is 43.6 Å². The number of piperidine rings is 1. The average Bonchev–Trinajstić information content (AvgIpc) is 3.80.